The summed E-state index contributed by atoms with van der Waals surface area (Å²) in [5, 5.41) is 1.98. The maximum absolute atomic E-state index is 12.0. The van der Waals surface area contributed by atoms with Crippen molar-refractivity contribution in [2.24, 2.45) is 5.84 Å². The molecule has 1 amide bonds. The number of nitrogen functional groups attached to an aromatic ring is 1. The zero-order chi connectivity index (χ0) is 16.7. The van der Waals surface area contributed by atoms with E-state index in [4.69, 9.17) is 5.84 Å². The van der Waals surface area contributed by atoms with Gasteiger partial charge in [-0.05, 0) is 24.3 Å². The normalized spacial score (nSPS) is 11.1. The molecule has 4 N–H and O–H groups in total. The monoisotopic (exact) mass is 380 g/mol. The van der Waals surface area contributed by atoms with E-state index in [9.17, 15) is 4.79 Å². The molecular formula is C18H13BrN4O. The number of carbonyl (C=O) groups excluding carboxylic acids is 1. The molecule has 0 bridgehead atoms. The van der Waals surface area contributed by atoms with Gasteiger partial charge in [-0.3, -0.25) is 10.2 Å². The van der Waals surface area contributed by atoms with E-state index in [1.807, 2.05) is 48.5 Å². The molecule has 0 radical (unpaired) electrons. The molecule has 4 aromatic rings. The van der Waals surface area contributed by atoms with E-state index in [2.05, 4.69) is 31.3 Å². The van der Waals surface area contributed by atoms with Crippen LogP contribution in [0.2, 0.25) is 0 Å². The van der Waals surface area contributed by atoms with Gasteiger partial charge in [-0.1, -0.05) is 46.3 Å². The number of aromatic amines is 1. The van der Waals surface area contributed by atoms with Crippen molar-refractivity contribution in [1.29, 1.82) is 0 Å². The van der Waals surface area contributed by atoms with E-state index in [1.165, 1.54) is 0 Å². The number of aromatic nitrogens is 2. The van der Waals surface area contributed by atoms with E-state index in [0.29, 0.717) is 0 Å². The summed E-state index contributed by atoms with van der Waals surface area (Å²) >= 11 is 3.44. The number of amides is 1. The standard InChI is InChI=1S/C18H13BrN4O/c19-11-7-5-10(6-8-11)16-17-13(9-15(22-16)18(24)23-20)12-3-1-2-4-14(12)21-17/h1-9,21H,20H2,(H,23,24). The van der Waals surface area contributed by atoms with Crippen LogP contribution in [-0.4, -0.2) is 15.9 Å². The number of benzene rings is 2. The summed E-state index contributed by atoms with van der Waals surface area (Å²) in [7, 11) is 0. The Kier molecular flexibility index (Phi) is 3.55. The number of halogens is 1. The fraction of sp³-hybridized carbons (Fsp3) is 0. The lowest BCUT2D eigenvalue weighted by Gasteiger charge is -2.07. The van der Waals surface area contributed by atoms with Crippen molar-refractivity contribution in [2.75, 3.05) is 0 Å². The summed E-state index contributed by atoms with van der Waals surface area (Å²) in [6, 6.07) is 17.5. The van der Waals surface area contributed by atoms with Gasteiger partial charge in [0.2, 0.25) is 0 Å². The van der Waals surface area contributed by atoms with Crippen molar-refractivity contribution >= 4 is 43.6 Å². The first-order chi connectivity index (χ1) is 11.7. The predicted molar refractivity (Wildman–Crippen MR) is 98.4 cm³/mol. The number of pyridine rings is 1. The number of hydrazine groups is 1. The first kappa shape index (κ1) is 14.9. The zero-order valence-electron chi connectivity index (χ0n) is 12.5. The van der Waals surface area contributed by atoms with Crippen LogP contribution in [0.5, 0.6) is 0 Å². The number of H-pyrrole nitrogens is 1. The number of nitrogens with one attached hydrogen (secondary N) is 2. The van der Waals surface area contributed by atoms with Gasteiger partial charge in [-0.15, -0.1) is 0 Å². The second-order valence-electron chi connectivity index (χ2n) is 5.43. The number of nitrogens with two attached hydrogens (primary N) is 1. The fourth-order valence-corrected chi connectivity index (χ4v) is 3.12. The summed E-state index contributed by atoms with van der Waals surface area (Å²) in [6.07, 6.45) is 0. The Labute approximate surface area is 146 Å². The molecule has 0 atom stereocenters. The summed E-state index contributed by atoms with van der Waals surface area (Å²) < 4.78 is 0.981. The van der Waals surface area contributed by atoms with Gasteiger partial charge in [-0.2, -0.15) is 0 Å². The largest absolute Gasteiger partial charge is 0.353 e. The minimum Gasteiger partial charge on any atom is -0.353 e. The van der Waals surface area contributed by atoms with Crippen LogP contribution in [0.4, 0.5) is 0 Å². The van der Waals surface area contributed by atoms with E-state index in [0.717, 1.165) is 37.5 Å². The van der Waals surface area contributed by atoms with Crippen LogP contribution in [-0.2, 0) is 0 Å². The average Bonchev–Trinajstić information content (AvgIpc) is 2.99. The second kappa shape index (κ2) is 5.74. The molecule has 4 rings (SSSR count). The smallest absolute Gasteiger partial charge is 0.283 e. The molecule has 24 heavy (non-hydrogen) atoms. The zero-order valence-corrected chi connectivity index (χ0v) is 14.1. The minimum atomic E-state index is -0.416. The van der Waals surface area contributed by atoms with Crippen molar-refractivity contribution in [2.45, 2.75) is 0 Å². The van der Waals surface area contributed by atoms with Gasteiger partial charge in [0.05, 0.1) is 11.2 Å². The molecule has 0 saturated heterocycles. The Morgan fingerprint density at radius 3 is 2.58 bits per heavy atom. The van der Waals surface area contributed by atoms with Gasteiger partial charge in [-0.25, -0.2) is 10.8 Å². The molecule has 118 valence electrons. The van der Waals surface area contributed by atoms with E-state index in [1.54, 1.807) is 6.07 Å². The topological polar surface area (TPSA) is 83.8 Å². The van der Waals surface area contributed by atoms with Crippen molar-refractivity contribution < 1.29 is 4.79 Å². The summed E-state index contributed by atoms with van der Waals surface area (Å²) in [5.74, 6) is 4.87. The van der Waals surface area contributed by atoms with E-state index in [-0.39, 0.29) is 5.69 Å². The van der Waals surface area contributed by atoms with Crippen LogP contribution in [0, 0.1) is 0 Å². The van der Waals surface area contributed by atoms with E-state index >= 15 is 0 Å². The molecule has 0 fully saturated rings. The maximum atomic E-state index is 12.0. The number of nitrogens with zero attached hydrogens (tertiary/aromatic N) is 1. The lowest BCUT2D eigenvalue weighted by molar-refractivity contribution is 0.0949. The third kappa shape index (κ3) is 2.36. The van der Waals surface area contributed by atoms with Gasteiger partial charge in [0.25, 0.3) is 5.91 Å². The number of hydrogen-bond donors (Lipinski definition) is 3. The van der Waals surface area contributed by atoms with Gasteiger partial charge < -0.3 is 4.98 Å². The fourth-order valence-electron chi connectivity index (χ4n) is 2.85. The Morgan fingerprint density at radius 1 is 1.08 bits per heavy atom. The average molecular weight is 381 g/mol. The third-order valence-corrected chi connectivity index (χ3v) is 4.51. The molecule has 0 saturated carbocycles. The summed E-state index contributed by atoms with van der Waals surface area (Å²) in [6.45, 7) is 0. The number of para-hydroxylation sites is 1. The molecule has 2 aromatic carbocycles. The van der Waals surface area contributed by atoms with Crippen LogP contribution in [0.25, 0.3) is 33.1 Å². The van der Waals surface area contributed by atoms with Crippen LogP contribution < -0.4 is 11.3 Å². The Balaban J connectivity index is 2.09. The van der Waals surface area contributed by atoms with Gasteiger partial charge >= 0.3 is 0 Å². The SMILES string of the molecule is NNC(=O)c1cc2c([nH]c3ccccc32)c(-c2ccc(Br)cc2)n1. The molecule has 0 aliphatic heterocycles. The van der Waals surface area contributed by atoms with Gasteiger partial charge in [0.1, 0.15) is 5.69 Å². The predicted octanol–water partition coefficient (Wildman–Crippen LogP) is 3.75. The number of carbonyl (C=O) groups is 1. The molecule has 0 aliphatic rings. The number of rotatable bonds is 2. The molecule has 2 aromatic heterocycles. The highest BCUT2D eigenvalue weighted by Crippen LogP contribution is 2.33. The third-order valence-electron chi connectivity index (χ3n) is 3.98. The first-order valence-electron chi connectivity index (χ1n) is 7.36. The van der Waals surface area contributed by atoms with Gasteiger partial charge in [0, 0.05) is 26.3 Å². The van der Waals surface area contributed by atoms with Crippen molar-refractivity contribution in [3.63, 3.8) is 0 Å². The van der Waals surface area contributed by atoms with Crippen LogP contribution in [0.3, 0.4) is 0 Å². The Hall–Kier alpha value is -2.70. The number of fused-ring (bicyclic) bond motifs is 3. The molecule has 0 spiro atoms. The quantitative estimate of drug-likeness (QED) is 0.281. The van der Waals surface area contributed by atoms with Crippen molar-refractivity contribution in [1.82, 2.24) is 15.4 Å². The Bertz CT molecular complexity index is 1070. The minimum absolute atomic E-state index is 0.285. The maximum Gasteiger partial charge on any atom is 0.283 e. The molecule has 0 aliphatic carbocycles. The highest BCUT2D eigenvalue weighted by atomic mass is 79.9. The lowest BCUT2D eigenvalue weighted by atomic mass is 10.1. The second-order valence-corrected chi connectivity index (χ2v) is 6.35. The Morgan fingerprint density at radius 2 is 1.83 bits per heavy atom. The van der Waals surface area contributed by atoms with Crippen LogP contribution >= 0.6 is 15.9 Å². The molecule has 5 nitrogen and oxygen atoms in total. The highest BCUT2D eigenvalue weighted by Gasteiger charge is 2.16. The first-order valence-corrected chi connectivity index (χ1v) is 8.15. The molecule has 0 unspecified atom stereocenters. The summed E-state index contributed by atoms with van der Waals surface area (Å²) in [5.41, 5.74) is 5.97. The van der Waals surface area contributed by atoms with Gasteiger partial charge in [0.15, 0.2) is 0 Å². The van der Waals surface area contributed by atoms with E-state index < -0.39 is 5.91 Å². The van der Waals surface area contributed by atoms with Crippen LogP contribution in [0.1, 0.15) is 10.5 Å². The summed E-state index contributed by atoms with van der Waals surface area (Å²) in [4.78, 5) is 20.0. The molecule has 2 heterocycles. The molecule has 6 heteroatoms. The molecular weight excluding hydrogens is 368 g/mol. The van der Waals surface area contributed by atoms with Crippen molar-refractivity contribution in [3.8, 4) is 11.3 Å². The van der Waals surface area contributed by atoms with Crippen molar-refractivity contribution in [3.05, 3.63) is 64.8 Å². The lowest BCUT2D eigenvalue weighted by Crippen LogP contribution is -2.30. The number of hydrogen-bond acceptors (Lipinski definition) is 3. The highest BCUT2D eigenvalue weighted by molar-refractivity contribution is 9.10. The van der Waals surface area contributed by atoms with Crippen LogP contribution in [0.15, 0.2) is 59.1 Å².